The molecular weight excluding hydrogens is 453 g/mol. The van der Waals surface area contributed by atoms with Crippen LogP contribution in [0.2, 0.25) is 0 Å². The monoisotopic (exact) mass is 479 g/mol. The number of rotatable bonds is 10. The number of fused-ring (bicyclic) bond motifs is 1. The Morgan fingerprint density at radius 3 is 2.56 bits per heavy atom. The zero-order chi connectivity index (χ0) is 24.1. The Labute approximate surface area is 201 Å². The van der Waals surface area contributed by atoms with Crippen molar-refractivity contribution < 1.29 is 23.8 Å². The van der Waals surface area contributed by atoms with Gasteiger partial charge < -0.3 is 19.9 Å². The molecule has 0 radical (unpaired) electrons. The standard InChI is InChI=1S/C27H26FNO4S/c1-3-29-13-4-14-32-20-7-9-21(10-8-20)33-26-23-12-6-19(30)16-24(23)34-27(26)25(31)22-11-5-18(28)15-17(22)2/h5-12,15-16,29-30H,3-4,13-14H2,1-2H3. The summed E-state index contributed by atoms with van der Waals surface area (Å²) < 4.78 is 26.3. The molecule has 0 saturated heterocycles. The first-order valence-electron chi connectivity index (χ1n) is 11.1. The molecule has 5 nitrogen and oxygen atoms in total. The van der Waals surface area contributed by atoms with Crippen molar-refractivity contribution in [2.45, 2.75) is 20.3 Å². The number of carbonyl (C=O) groups excluding carboxylic acids is 1. The predicted molar refractivity (Wildman–Crippen MR) is 133 cm³/mol. The third-order valence-electron chi connectivity index (χ3n) is 5.33. The zero-order valence-electron chi connectivity index (χ0n) is 19.1. The lowest BCUT2D eigenvalue weighted by atomic mass is 10.0. The number of aromatic hydroxyl groups is 1. The maximum absolute atomic E-state index is 13.6. The number of aryl methyl sites for hydroxylation is 1. The van der Waals surface area contributed by atoms with Crippen molar-refractivity contribution in [2.75, 3.05) is 19.7 Å². The van der Waals surface area contributed by atoms with Crippen molar-refractivity contribution in [3.05, 3.63) is 82.5 Å². The van der Waals surface area contributed by atoms with Crippen LogP contribution in [0.4, 0.5) is 4.39 Å². The Morgan fingerprint density at radius 2 is 1.82 bits per heavy atom. The number of nitrogens with one attached hydrogen (secondary N) is 1. The van der Waals surface area contributed by atoms with Crippen LogP contribution >= 0.6 is 11.3 Å². The molecule has 0 fully saturated rings. The fourth-order valence-electron chi connectivity index (χ4n) is 3.60. The molecule has 0 aliphatic carbocycles. The summed E-state index contributed by atoms with van der Waals surface area (Å²) in [5, 5.41) is 13.9. The third-order valence-corrected chi connectivity index (χ3v) is 6.46. The molecule has 0 aliphatic heterocycles. The molecule has 0 bridgehead atoms. The third kappa shape index (κ3) is 5.38. The number of phenolic OH excluding ortho intramolecular Hbond substituents is 1. The topological polar surface area (TPSA) is 67.8 Å². The minimum Gasteiger partial charge on any atom is -0.508 e. The number of carbonyl (C=O) groups is 1. The number of halogens is 1. The van der Waals surface area contributed by atoms with E-state index in [1.54, 1.807) is 37.3 Å². The molecule has 0 unspecified atom stereocenters. The van der Waals surface area contributed by atoms with Gasteiger partial charge in [0.25, 0.3) is 0 Å². The minimum absolute atomic E-state index is 0.105. The molecule has 4 rings (SSSR count). The Balaban J connectivity index is 1.61. The SMILES string of the molecule is CCNCCCOc1ccc(Oc2c(C(=O)c3ccc(F)cc3C)sc3cc(O)ccc23)cc1. The lowest BCUT2D eigenvalue weighted by Gasteiger charge is -2.10. The summed E-state index contributed by atoms with van der Waals surface area (Å²) in [6.07, 6.45) is 0.911. The molecule has 4 aromatic rings. The van der Waals surface area contributed by atoms with Crippen LogP contribution in [-0.4, -0.2) is 30.6 Å². The van der Waals surface area contributed by atoms with Crippen molar-refractivity contribution in [1.82, 2.24) is 5.32 Å². The Morgan fingerprint density at radius 1 is 1.06 bits per heavy atom. The fraction of sp³-hybridized carbons (Fsp3) is 0.222. The van der Waals surface area contributed by atoms with Gasteiger partial charge in [-0.15, -0.1) is 11.3 Å². The highest BCUT2D eigenvalue weighted by Crippen LogP contribution is 2.43. The van der Waals surface area contributed by atoms with Crippen molar-refractivity contribution in [1.29, 1.82) is 0 Å². The highest BCUT2D eigenvalue weighted by molar-refractivity contribution is 7.21. The molecule has 7 heteroatoms. The first kappa shape index (κ1) is 23.7. The highest BCUT2D eigenvalue weighted by Gasteiger charge is 2.23. The molecule has 1 heterocycles. The number of hydrogen-bond donors (Lipinski definition) is 2. The molecule has 0 atom stereocenters. The highest BCUT2D eigenvalue weighted by atomic mass is 32.1. The van der Waals surface area contributed by atoms with E-state index >= 15 is 0 Å². The Bertz CT molecular complexity index is 1300. The number of thiophene rings is 1. The number of hydrogen-bond acceptors (Lipinski definition) is 6. The predicted octanol–water partition coefficient (Wildman–Crippen LogP) is 6.46. The second-order valence-corrected chi connectivity index (χ2v) is 8.91. The summed E-state index contributed by atoms with van der Waals surface area (Å²) in [5.41, 5.74) is 0.954. The smallest absolute Gasteiger partial charge is 0.207 e. The molecule has 3 aromatic carbocycles. The largest absolute Gasteiger partial charge is 0.508 e. The fourth-order valence-corrected chi connectivity index (χ4v) is 4.72. The van der Waals surface area contributed by atoms with Gasteiger partial charge in [0.2, 0.25) is 5.78 Å². The number of ether oxygens (including phenoxy) is 2. The molecule has 0 spiro atoms. The van der Waals surface area contributed by atoms with E-state index < -0.39 is 5.82 Å². The van der Waals surface area contributed by atoms with Crippen LogP contribution in [0.3, 0.4) is 0 Å². The van der Waals surface area contributed by atoms with Gasteiger partial charge in [0, 0.05) is 15.6 Å². The lowest BCUT2D eigenvalue weighted by Crippen LogP contribution is -2.16. The van der Waals surface area contributed by atoms with E-state index in [0.717, 1.165) is 35.3 Å². The summed E-state index contributed by atoms with van der Waals surface area (Å²) in [4.78, 5) is 13.8. The first-order valence-corrected chi connectivity index (χ1v) is 12.0. The quantitative estimate of drug-likeness (QED) is 0.202. The van der Waals surface area contributed by atoms with Gasteiger partial charge in [-0.1, -0.05) is 6.92 Å². The average Bonchev–Trinajstić information content (AvgIpc) is 3.17. The van der Waals surface area contributed by atoms with Gasteiger partial charge in [-0.2, -0.15) is 0 Å². The van der Waals surface area contributed by atoms with E-state index in [2.05, 4.69) is 12.2 Å². The van der Waals surface area contributed by atoms with Gasteiger partial charge in [0.1, 0.15) is 27.9 Å². The zero-order valence-corrected chi connectivity index (χ0v) is 19.9. The number of phenols is 1. The van der Waals surface area contributed by atoms with Gasteiger partial charge in [-0.05, 0) is 92.7 Å². The summed E-state index contributed by atoms with van der Waals surface area (Å²) in [5.74, 6) is 1.16. The van der Waals surface area contributed by atoms with E-state index in [1.807, 2.05) is 12.1 Å². The summed E-state index contributed by atoms with van der Waals surface area (Å²) >= 11 is 1.23. The van der Waals surface area contributed by atoms with Gasteiger partial charge in [-0.25, -0.2) is 4.39 Å². The number of ketones is 1. The van der Waals surface area contributed by atoms with Gasteiger partial charge in [-0.3, -0.25) is 4.79 Å². The van der Waals surface area contributed by atoms with Gasteiger partial charge in [0.05, 0.1) is 6.61 Å². The van der Waals surface area contributed by atoms with E-state index in [9.17, 15) is 14.3 Å². The maximum Gasteiger partial charge on any atom is 0.207 e. The molecule has 0 aliphatic rings. The van der Waals surface area contributed by atoms with Crippen molar-refractivity contribution in [3.8, 4) is 23.0 Å². The molecule has 34 heavy (non-hydrogen) atoms. The van der Waals surface area contributed by atoms with Crippen LogP contribution in [-0.2, 0) is 0 Å². The van der Waals surface area contributed by atoms with Crippen LogP contribution in [0.5, 0.6) is 23.0 Å². The van der Waals surface area contributed by atoms with E-state index in [-0.39, 0.29) is 11.5 Å². The normalized spacial score (nSPS) is 11.0. The molecule has 176 valence electrons. The van der Waals surface area contributed by atoms with Crippen molar-refractivity contribution >= 4 is 27.2 Å². The summed E-state index contributed by atoms with van der Waals surface area (Å²) in [7, 11) is 0. The Kier molecular flexibility index (Phi) is 7.45. The van der Waals surface area contributed by atoms with E-state index in [1.165, 1.54) is 29.5 Å². The van der Waals surface area contributed by atoms with Crippen molar-refractivity contribution in [3.63, 3.8) is 0 Å². The van der Waals surface area contributed by atoms with Crippen molar-refractivity contribution in [2.24, 2.45) is 0 Å². The van der Waals surface area contributed by atoms with E-state index in [4.69, 9.17) is 9.47 Å². The van der Waals surface area contributed by atoms with Crippen LogP contribution in [0.25, 0.3) is 10.1 Å². The summed E-state index contributed by atoms with van der Waals surface area (Å²) in [6, 6.07) is 16.2. The van der Waals surface area contributed by atoms with Crippen LogP contribution in [0, 0.1) is 12.7 Å². The van der Waals surface area contributed by atoms with Gasteiger partial charge in [0.15, 0.2) is 5.75 Å². The lowest BCUT2D eigenvalue weighted by molar-refractivity contribution is 0.104. The molecule has 0 amide bonds. The molecule has 2 N–H and O–H groups in total. The second kappa shape index (κ2) is 10.7. The summed E-state index contributed by atoms with van der Waals surface area (Å²) in [6.45, 7) is 6.23. The maximum atomic E-state index is 13.6. The second-order valence-electron chi connectivity index (χ2n) is 7.86. The van der Waals surface area contributed by atoms with Crippen LogP contribution < -0.4 is 14.8 Å². The average molecular weight is 480 g/mol. The first-order chi connectivity index (χ1) is 16.5. The molecule has 0 saturated carbocycles. The van der Waals surface area contributed by atoms with Crippen LogP contribution in [0.1, 0.15) is 34.1 Å². The molecular formula is C27H26FNO4S. The van der Waals surface area contributed by atoms with Gasteiger partial charge >= 0.3 is 0 Å². The number of benzene rings is 3. The Hall–Kier alpha value is -3.42. The van der Waals surface area contributed by atoms with E-state index in [0.29, 0.717) is 34.1 Å². The van der Waals surface area contributed by atoms with Crippen LogP contribution in [0.15, 0.2) is 60.7 Å². The minimum atomic E-state index is -0.393. The molecule has 1 aromatic heterocycles.